The second-order valence-electron chi connectivity index (χ2n) is 6.65. The molecule has 1 heterocycles. The Morgan fingerprint density at radius 3 is 2.38 bits per heavy atom. The lowest BCUT2D eigenvalue weighted by molar-refractivity contribution is -0.900. The molecule has 4 heteroatoms. The molecule has 24 heavy (non-hydrogen) atoms. The number of rotatable bonds is 5. The lowest BCUT2D eigenvalue weighted by Crippen LogP contribution is -3.15. The largest absolute Gasteiger partial charge is 0.506 e. The van der Waals surface area contributed by atoms with Gasteiger partial charge in [0.25, 0.3) is 0 Å². The van der Waals surface area contributed by atoms with Gasteiger partial charge in [0, 0.05) is 0 Å². The lowest BCUT2D eigenvalue weighted by Gasteiger charge is -2.33. The zero-order chi connectivity index (χ0) is 16.9. The van der Waals surface area contributed by atoms with Crippen LogP contribution in [-0.2, 0) is 0 Å². The van der Waals surface area contributed by atoms with Gasteiger partial charge in [0.15, 0.2) is 0 Å². The molecule has 0 radical (unpaired) electrons. The van der Waals surface area contributed by atoms with Crippen LogP contribution in [-0.4, -0.2) is 44.4 Å². The fourth-order valence-corrected chi connectivity index (χ4v) is 3.37. The monoisotopic (exact) mass is 327 g/mol. The number of anilines is 1. The third kappa shape index (κ3) is 4.20. The summed E-state index contributed by atoms with van der Waals surface area (Å²) in [5.74, 6) is 1.35. The number of nitrogens with zero attached hydrogens (tertiary/aromatic N) is 1. The Balaban J connectivity index is 1.45. The van der Waals surface area contributed by atoms with Gasteiger partial charge in [-0.3, -0.25) is 0 Å². The quantitative estimate of drug-likeness (QED) is 0.879. The van der Waals surface area contributed by atoms with E-state index in [0.717, 1.165) is 50.8 Å². The molecule has 1 aliphatic rings. The van der Waals surface area contributed by atoms with Gasteiger partial charge >= 0.3 is 0 Å². The summed E-state index contributed by atoms with van der Waals surface area (Å²) in [7, 11) is 0. The molecule has 0 saturated carbocycles. The van der Waals surface area contributed by atoms with Crippen LogP contribution in [0.3, 0.4) is 0 Å². The van der Waals surface area contributed by atoms with Crippen molar-refractivity contribution in [2.45, 2.75) is 13.8 Å². The number of phenolic OH excluding ortho intramolecular Hbond substituents is 1. The first-order chi connectivity index (χ1) is 11.6. The Labute approximate surface area is 144 Å². The number of ether oxygens (including phenoxy) is 1. The third-order valence-electron chi connectivity index (χ3n) is 4.61. The van der Waals surface area contributed by atoms with Crippen molar-refractivity contribution in [3.05, 3.63) is 53.6 Å². The van der Waals surface area contributed by atoms with Crippen LogP contribution in [0.2, 0.25) is 0 Å². The topological polar surface area (TPSA) is 37.1 Å². The first-order valence-electron chi connectivity index (χ1n) is 8.69. The summed E-state index contributed by atoms with van der Waals surface area (Å²) in [6.07, 6.45) is 0. The van der Waals surface area contributed by atoms with Gasteiger partial charge in [-0.1, -0.05) is 18.2 Å². The van der Waals surface area contributed by atoms with Crippen molar-refractivity contribution >= 4 is 5.69 Å². The van der Waals surface area contributed by atoms with Crippen LogP contribution in [0.15, 0.2) is 42.5 Å². The first-order valence-corrected chi connectivity index (χ1v) is 8.69. The zero-order valence-electron chi connectivity index (χ0n) is 14.6. The summed E-state index contributed by atoms with van der Waals surface area (Å²) >= 11 is 0. The van der Waals surface area contributed by atoms with Crippen molar-refractivity contribution in [1.82, 2.24) is 0 Å². The fraction of sp³-hybridized carbons (Fsp3) is 0.400. The number of para-hydroxylation sites is 2. The summed E-state index contributed by atoms with van der Waals surface area (Å²) in [5, 5.41) is 9.97. The summed E-state index contributed by atoms with van der Waals surface area (Å²) < 4.78 is 5.93. The minimum absolute atomic E-state index is 0.374. The highest BCUT2D eigenvalue weighted by atomic mass is 16.5. The number of hydrogen-bond donors (Lipinski definition) is 2. The molecule has 1 aliphatic heterocycles. The normalized spacial score (nSPS) is 15.5. The molecule has 0 amide bonds. The predicted octanol–water partition coefficient (Wildman–Crippen LogP) is 1.79. The van der Waals surface area contributed by atoms with E-state index in [1.165, 1.54) is 11.1 Å². The molecule has 2 N–H and O–H groups in total. The number of aromatic hydroxyl groups is 1. The maximum absolute atomic E-state index is 9.97. The van der Waals surface area contributed by atoms with E-state index in [0.29, 0.717) is 5.75 Å². The molecule has 0 aliphatic carbocycles. The second-order valence-corrected chi connectivity index (χ2v) is 6.65. The Hall–Kier alpha value is -2.20. The average molecular weight is 327 g/mol. The lowest BCUT2D eigenvalue weighted by atomic mass is 10.1. The van der Waals surface area contributed by atoms with Crippen molar-refractivity contribution in [3.63, 3.8) is 0 Å². The molecule has 4 nitrogen and oxygen atoms in total. The van der Waals surface area contributed by atoms with Gasteiger partial charge in [-0.25, -0.2) is 0 Å². The van der Waals surface area contributed by atoms with Crippen molar-refractivity contribution in [1.29, 1.82) is 0 Å². The smallest absolute Gasteiger partial charge is 0.138 e. The Kier molecular flexibility index (Phi) is 5.26. The molecule has 128 valence electrons. The molecule has 1 saturated heterocycles. The van der Waals surface area contributed by atoms with E-state index in [2.05, 4.69) is 36.9 Å². The molecule has 0 unspecified atom stereocenters. The van der Waals surface area contributed by atoms with Gasteiger partial charge in [0.05, 0.1) is 31.9 Å². The standard InChI is InChI=1S/C20H26N2O2/c1-16-13-17(2)15-18(14-16)24-12-11-21-7-9-22(10-8-21)19-5-3-4-6-20(19)23/h3-6,13-15,23H,7-12H2,1-2H3/p+1. The second kappa shape index (κ2) is 7.58. The molecule has 0 spiro atoms. The number of hydrogen-bond acceptors (Lipinski definition) is 3. The molecule has 0 bridgehead atoms. The highest BCUT2D eigenvalue weighted by Crippen LogP contribution is 2.25. The molecule has 3 rings (SSSR count). The summed E-state index contributed by atoms with van der Waals surface area (Å²) in [5.41, 5.74) is 3.44. The zero-order valence-corrected chi connectivity index (χ0v) is 14.6. The van der Waals surface area contributed by atoms with E-state index in [1.807, 2.05) is 18.2 Å². The van der Waals surface area contributed by atoms with E-state index in [4.69, 9.17) is 4.74 Å². The van der Waals surface area contributed by atoms with Gasteiger partial charge in [0.1, 0.15) is 24.7 Å². The first kappa shape index (κ1) is 16.7. The fourth-order valence-electron chi connectivity index (χ4n) is 3.37. The summed E-state index contributed by atoms with van der Waals surface area (Å²) in [6.45, 7) is 10.0. The van der Waals surface area contributed by atoms with Crippen LogP contribution in [0.1, 0.15) is 11.1 Å². The van der Waals surface area contributed by atoms with Gasteiger partial charge in [-0.2, -0.15) is 0 Å². The number of nitrogens with one attached hydrogen (secondary N) is 1. The number of benzene rings is 2. The highest BCUT2D eigenvalue weighted by Gasteiger charge is 2.21. The number of aryl methyl sites for hydroxylation is 2. The Morgan fingerprint density at radius 2 is 1.71 bits per heavy atom. The molecule has 1 fully saturated rings. The molecule has 0 aromatic heterocycles. The maximum Gasteiger partial charge on any atom is 0.138 e. The molecular formula is C20H27N2O2+. The van der Waals surface area contributed by atoms with Gasteiger partial charge in [0.2, 0.25) is 0 Å². The van der Waals surface area contributed by atoms with Crippen molar-refractivity contribution in [2.24, 2.45) is 0 Å². The van der Waals surface area contributed by atoms with Gasteiger partial charge in [-0.15, -0.1) is 0 Å². The average Bonchev–Trinajstić information content (AvgIpc) is 2.55. The Bertz CT molecular complexity index is 659. The molecule has 2 aromatic rings. The van der Waals surface area contributed by atoms with Crippen LogP contribution in [0.25, 0.3) is 0 Å². The van der Waals surface area contributed by atoms with E-state index < -0.39 is 0 Å². The van der Waals surface area contributed by atoms with Gasteiger partial charge in [-0.05, 0) is 49.2 Å². The molecular weight excluding hydrogens is 300 g/mol. The SMILES string of the molecule is Cc1cc(C)cc(OCC[NH+]2CCN(c3ccccc3O)CC2)c1. The van der Waals surface area contributed by atoms with Gasteiger partial charge < -0.3 is 19.6 Å². The van der Waals surface area contributed by atoms with E-state index >= 15 is 0 Å². The van der Waals surface area contributed by atoms with Crippen LogP contribution in [0.5, 0.6) is 11.5 Å². The number of quaternary nitrogens is 1. The minimum Gasteiger partial charge on any atom is -0.506 e. The number of piperazine rings is 1. The summed E-state index contributed by atoms with van der Waals surface area (Å²) in [4.78, 5) is 3.83. The highest BCUT2D eigenvalue weighted by molar-refractivity contribution is 5.57. The summed E-state index contributed by atoms with van der Waals surface area (Å²) in [6, 6.07) is 13.9. The molecule has 0 atom stereocenters. The van der Waals surface area contributed by atoms with Crippen LogP contribution in [0, 0.1) is 13.8 Å². The third-order valence-corrected chi connectivity index (χ3v) is 4.61. The number of phenols is 1. The van der Waals surface area contributed by atoms with Crippen LogP contribution < -0.4 is 14.5 Å². The van der Waals surface area contributed by atoms with Crippen molar-refractivity contribution in [3.8, 4) is 11.5 Å². The van der Waals surface area contributed by atoms with E-state index in [-0.39, 0.29) is 0 Å². The minimum atomic E-state index is 0.374. The van der Waals surface area contributed by atoms with E-state index in [1.54, 1.807) is 11.0 Å². The van der Waals surface area contributed by atoms with Crippen molar-refractivity contribution < 1.29 is 14.7 Å². The van der Waals surface area contributed by atoms with Crippen molar-refractivity contribution in [2.75, 3.05) is 44.2 Å². The Morgan fingerprint density at radius 1 is 1.04 bits per heavy atom. The molecule has 2 aromatic carbocycles. The van der Waals surface area contributed by atoms with Crippen LogP contribution >= 0.6 is 0 Å². The van der Waals surface area contributed by atoms with Crippen LogP contribution in [0.4, 0.5) is 5.69 Å². The maximum atomic E-state index is 9.97. The predicted molar refractivity (Wildman–Crippen MR) is 97.3 cm³/mol. The van der Waals surface area contributed by atoms with E-state index in [9.17, 15) is 5.11 Å².